The molecule has 1 N–H and O–H groups in total. The van der Waals surface area contributed by atoms with E-state index in [0.29, 0.717) is 42.3 Å². The maximum atomic E-state index is 13.2. The van der Waals surface area contributed by atoms with Crippen molar-refractivity contribution in [2.24, 2.45) is 0 Å². The molecule has 2 amide bonds. The fourth-order valence-corrected chi connectivity index (χ4v) is 4.32. The number of para-hydroxylation sites is 2. The number of esters is 1. The molecule has 0 saturated heterocycles. The molecule has 1 spiro atoms. The quantitative estimate of drug-likeness (QED) is 0.667. The molecule has 1 fully saturated rings. The molecular formula is C24H26N2O6. The molecule has 2 aliphatic rings. The van der Waals surface area contributed by atoms with Crippen LogP contribution in [0.25, 0.3) is 0 Å². The summed E-state index contributed by atoms with van der Waals surface area (Å²) in [4.78, 5) is 39.8. The predicted molar refractivity (Wildman–Crippen MR) is 118 cm³/mol. The van der Waals surface area contributed by atoms with Gasteiger partial charge in [-0.1, -0.05) is 25.0 Å². The fourth-order valence-electron chi connectivity index (χ4n) is 4.32. The van der Waals surface area contributed by atoms with Crippen LogP contribution in [0, 0.1) is 0 Å². The highest BCUT2D eigenvalue weighted by Crippen LogP contribution is 2.45. The second kappa shape index (κ2) is 9.30. The lowest BCUT2D eigenvalue weighted by Crippen LogP contribution is -2.61. The van der Waals surface area contributed by atoms with Crippen LogP contribution in [0.2, 0.25) is 0 Å². The van der Waals surface area contributed by atoms with Gasteiger partial charge < -0.3 is 19.5 Å². The van der Waals surface area contributed by atoms with Gasteiger partial charge in [-0.05, 0) is 56.2 Å². The SMILES string of the molecule is CCOc1ccc(OCC(=O)OCC(=O)N2c3ccccc3NC(=O)C23CCCC3)cc1. The van der Waals surface area contributed by atoms with Crippen molar-refractivity contribution in [1.29, 1.82) is 0 Å². The normalized spacial score (nSPS) is 16.3. The first kappa shape index (κ1) is 21.7. The molecule has 32 heavy (non-hydrogen) atoms. The Hall–Kier alpha value is -3.55. The van der Waals surface area contributed by atoms with Crippen molar-refractivity contribution in [2.45, 2.75) is 38.1 Å². The van der Waals surface area contributed by atoms with Crippen LogP contribution >= 0.6 is 0 Å². The number of carbonyl (C=O) groups excluding carboxylic acids is 3. The average Bonchev–Trinajstić information content (AvgIpc) is 3.28. The van der Waals surface area contributed by atoms with Gasteiger partial charge in [-0.3, -0.25) is 14.5 Å². The first-order valence-electron chi connectivity index (χ1n) is 10.8. The second-order valence-electron chi connectivity index (χ2n) is 7.79. The third kappa shape index (κ3) is 4.26. The molecule has 0 radical (unpaired) electrons. The van der Waals surface area contributed by atoms with Crippen LogP contribution in [-0.4, -0.2) is 43.1 Å². The van der Waals surface area contributed by atoms with Gasteiger partial charge in [0.15, 0.2) is 13.2 Å². The lowest BCUT2D eigenvalue weighted by Gasteiger charge is -2.44. The molecule has 2 aromatic carbocycles. The monoisotopic (exact) mass is 438 g/mol. The minimum Gasteiger partial charge on any atom is -0.494 e. The number of ether oxygens (including phenoxy) is 3. The minimum atomic E-state index is -0.934. The van der Waals surface area contributed by atoms with Gasteiger partial charge in [-0.15, -0.1) is 0 Å². The van der Waals surface area contributed by atoms with Crippen LogP contribution in [0.3, 0.4) is 0 Å². The van der Waals surface area contributed by atoms with Crippen LogP contribution < -0.4 is 19.7 Å². The third-order valence-electron chi connectivity index (χ3n) is 5.77. The van der Waals surface area contributed by atoms with Gasteiger partial charge in [0, 0.05) is 0 Å². The van der Waals surface area contributed by atoms with E-state index in [1.807, 2.05) is 13.0 Å². The Labute approximate surface area is 186 Å². The highest BCUT2D eigenvalue weighted by atomic mass is 16.6. The number of nitrogens with zero attached hydrogens (tertiary/aromatic N) is 1. The Balaban J connectivity index is 1.39. The molecule has 1 aliphatic carbocycles. The molecule has 0 bridgehead atoms. The topological polar surface area (TPSA) is 94.2 Å². The van der Waals surface area contributed by atoms with Crippen molar-refractivity contribution < 1.29 is 28.6 Å². The summed E-state index contributed by atoms with van der Waals surface area (Å²) in [6.45, 7) is 1.66. The van der Waals surface area contributed by atoms with Crippen LogP contribution in [0.1, 0.15) is 32.6 Å². The Bertz CT molecular complexity index is 998. The zero-order chi connectivity index (χ0) is 22.6. The lowest BCUT2D eigenvalue weighted by molar-refractivity contribution is -0.150. The molecule has 2 aromatic rings. The molecule has 1 heterocycles. The molecule has 0 aromatic heterocycles. The van der Waals surface area contributed by atoms with Crippen molar-refractivity contribution in [3.8, 4) is 11.5 Å². The smallest absolute Gasteiger partial charge is 0.344 e. The summed E-state index contributed by atoms with van der Waals surface area (Å²) < 4.78 is 16.0. The molecule has 1 aliphatic heterocycles. The van der Waals surface area contributed by atoms with Crippen molar-refractivity contribution in [3.05, 3.63) is 48.5 Å². The van der Waals surface area contributed by atoms with Gasteiger partial charge in [-0.2, -0.15) is 0 Å². The third-order valence-corrected chi connectivity index (χ3v) is 5.77. The van der Waals surface area contributed by atoms with Crippen molar-refractivity contribution in [2.75, 3.05) is 30.0 Å². The van der Waals surface area contributed by atoms with Crippen LogP contribution in [0.5, 0.6) is 11.5 Å². The first-order chi connectivity index (χ1) is 15.5. The van der Waals surface area contributed by atoms with Gasteiger partial charge in [0.25, 0.3) is 11.8 Å². The number of fused-ring (bicyclic) bond motifs is 1. The summed E-state index contributed by atoms with van der Waals surface area (Å²) >= 11 is 0. The summed E-state index contributed by atoms with van der Waals surface area (Å²) in [6.07, 6.45) is 2.87. The van der Waals surface area contributed by atoms with Gasteiger partial charge in [0.2, 0.25) is 0 Å². The Morgan fingerprint density at radius 3 is 2.31 bits per heavy atom. The summed E-state index contributed by atoms with van der Waals surface area (Å²) in [5, 5.41) is 2.92. The molecular weight excluding hydrogens is 412 g/mol. The van der Waals surface area contributed by atoms with E-state index in [1.54, 1.807) is 42.5 Å². The number of hydrogen-bond donors (Lipinski definition) is 1. The molecule has 0 unspecified atom stereocenters. The first-order valence-corrected chi connectivity index (χ1v) is 10.8. The van der Waals surface area contributed by atoms with Crippen molar-refractivity contribution >= 4 is 29.2 Å². The van der Waals surface area contributed by atoms with Gasteiger partial charge in [-0.25, -0.2) is 4.79 Å². The maximum absolute atomic E-state index is 13.2. The maximum Gasteiger partial charge on any atom is 0.344 e. The van der Waals surface area contributed by atoms with E-state index in [9.17, 15) is 14.4 Å². The van der Waals surface area contributed by atoms with Crippen LogP contribution in [0.4, 0.5) is 11.4 Å². The predicted octanol–water partition coefficient (Wildman–Crippen LogP) is 3.31. The molecule has 8 heteroatoms. The van der Waals surface area contributed by atoms with E-state index >= 15 is 0 Å². The Kier molecular flexibility index (Phi) is 6.30. The van der Waals surface area contributed by atoms with Gasteiger partial charge in [0.05, 0.1) is 18.0 Å². The largest absolute Gasteiger partial charge is 0.494 e. The van der Waals surface area contributed by atoms with Crippen LogP contribution in [0.15, 0.2) is 48.5 Å². The molecule has 168 valence electrons. The van der Waals surface area contributed by atoms with E-state index < -0.39 is 24.0 Å². The number of hydrogen-bond acceptors (Lipinski definition) is 6. The van der Waals surface area contributed by atoms with E-state index in [2.05, 4.69) is 5.32 Å². The van der Waals surface area contributed by atoms with Gasteiger partial charge in [0.1, 0.15) is 17.0 Å². The zero-order valence-electron chi connectivity index (χ0n) is 18.0. The van der Waals surface area contributed by atoms with Crippen molar-refractivity contribution in [1.82, 2.24) is 0 Å². The minimum absolute atomic E-state index is 0.188. The van der Waals surface area contributed by atoms with Gasteiger partial charge >= 0.3 is 5.97 Å². The van der Waals surface area contributed by atoms with E-state index in [4.69, 9.17) is 14.2 Å². The molecule has 1 saturated carbocycles. The van der Waals surface area contributed by atoms with E-state index in [0.717, 1.165) is 12.8 Å². The summed E-state index contributed by atoms with van der Waals surface area (Å²) in [5.41, 5.74) is 0.269. The van der Waals surface area contributed by atoms with E-state index in [1.165, 1.54) is 4.90 Å². The Morgan fingerprint density at radius 2 is 1.62 bits per heavy atom. The average molecular weight is 438 g/mol. The highest BCUT2D eigenvalue weighted by molar-refractivity contribution is 6.15. The summed E-state index contributed by atoms with van der Waals surface area (Å²) in [6, 6.07) is 14.0. The number of nitrogens with one attached hydrogen (secondary N) is 1. The molecule has 0 atom stereocenters. The fraction of sp³-hybridized carbons (Fsp3) is 0.375. The van der Waals surface area contributed by atoms with Crippen molar-refractivity contribution in [3.63, 3.8) is 0 Å². The molecule has 4 rings (SSSR count). The Morgan fingerprint density at radius 1 is 0.969 bits per heavy atom. The standard InChI is InChI=1S/C24H26N2O6/c1-2-30-17-9-11-18(12-10-17)31-16-22(28)32-15-21(27)26-20-8-4-3-7-19(20)25-23(29)24(26)13-5-6-14-24/h3-4,7-12H,2,5-6,13-16H2,1H3,(H,25,29). The number of benzene rings is 2. The summed E-state index contributed by atoms with van der Waals surface area (Å²) in [5.74, 6) is -0.0822. The number of carbonyl (C=O) groups is 3. The summed E-state index contributed by atoms with van der Waals surface area (Å²) in [7, 11) is 0. The number of amides is 2. The highest BCUT2D eigenvalue weighted by Gasteiger charge is 2.52. The number of rotatable bonds is 7. The number of anilines is 2. The van der Waals surface area contributed by atoms with E-state index in [-0.39, 0.29) is 12.5 Å². The zero-order valence-corrected chi connectivity index (χ0v) is 18.0. The molecule has 8 nitrogen and oxygen atoms in total. The second-order valence-corrected chi connectivity index (χ2v) is 7.79. The lowest BCUT2D eigenvalue weighted by atomic mass is 9.90. The van der Waals surface area contributed by atoms with Crippen LogP contribution in [-0.2, 0) is 19.1 Å².